The van der Waals surface area contributed by atoms with E-state index in [0.717, 1.165) is 18.3 Å². The molecule has 0 fully saturated rings. The molecule has 0 spiro atoms. The van der Waals surface area contributed by atoms with Crippen LogP contribution in [0.5, 0.6) is 0 Å². The van der Waals surface area contributed by atoms with Crippen molar-refractivity contribution in [3.63, 3.8) is 0 Å². The maximum absolute atomic E-state index is 14.1. The SMILES string of the molecule is CN/C=C(\C=N)[C@@H]1[C@@H](C(=O)Nc2ccc(F)c(C#N)c2)c2ccc(F)cc2C(=O)N1CC(C)C. The van der Waals surface area contributed by atoms with Gasteiger partial charge in [0.2, 0.25) is 5.91 Å². The Balaban J connectivity index is 2.18. The smallest absolute Gasteiger partial charge is 0.254 e. The van der Waals surface area contributed by atoms with Crippen LogP contribution in [0.3, 0.4) is 0 Å². The predicted molar refractivity (Wildman–Crippen MR) is 124 cm³/mol. The third-order valence-corrected chi connectivity index (χ3v) is 5.51. The Morgan fingerprint density at radius 3 is 2.62 bits per heavy atom. The second kappa shape index (κ2) is 10.3. The zero-order chi connectivity index (χ0) is 25.0. The van der Waals surface area contributed by atoms with Gasteiger partial charge in [-0.15, -0.1) is 0 Å². The lowest BCUT2D eigenvalue weighted by molar-refractivity contribution is -0.118. The topological polar surface area (TPSA) is 109 Å². The van der Waals surface area contributed by atoms with Crippen molar-refractivity contribution in [2.24, 2.45) is 5.92 Å². The summed E-state index contributed by atoms with van der Waals surface area (Å²) in [5.74, 6) is -3.27. The molecule has 3 N–H and O–H groups in total. The Kier molecular flexibility index (Phi) is 7.41. The number of benzene rings is 2. The van der Waals surface area contributed by atoms with E-state index in [1.54, 1.807) is 19.3 Å². The number of amides is 2. The van der Waals surface area contributed by atoms with Gasteiger partial charge < -0.3 is 20.9 Å². The molecule has 0 aliphatic carbocycles. The van der Waals surface area contributed by atoms with E-state index in [4.69, 9.17) is 10.7 Å². The van der Waals surface area contributed by atoms with Gasteiger partial charge in [-0.1, -0.05) is 19.9 Å². The largest absolute Gasteiger partial charge is 0.394 e. The fourth-order valence-electron chi connectivity index (χ4n) is 4.15. The van der Waals surface area contributed by atoms with Crippen molar-refractivity contribution in [1.29, 1.82) is 10.7 Å². The molecule has 9 heteroatoms. The Morgan fingerprint density at radius 2 is 2.00 bits per heavy atom. The summed E-state index contributed by atoms with van der Waals surface area (Å²) in [6.45, 7) is 4.09. The molecular formula is C25H25F2N5O2. The summed E-state index contributed by atoms with van der Waals surface area (Å²) in [6, 6.07) is 8.19. The molecule has 2 atom stereocenters. The van der Waals surface area contributed by atoms with Crippen molar-refractivity contribution in [2.75, 3.05) is 18.9 Å². The van der Waals surface area contributed by atoms with Gasteiger partial charge >= 0.3 is 0 Å². The summed E-state index contributed by atoms with van der Waals surface area (Å²) in [5, 5.41) is 22.6. The van der Waals surface area contributed by atoms with E-state index in [9.17, 15) is 18.4 Å². The van der Waals surface area contributed by atoms with Crippen molar-refractivity contribution in [1.82, 2.24) is 10.2 Å². The molecule has 2 amide bonds. The van der Waals surface area contributed by atoms with Crippen LogP contribution >= 0.6 is 0 Å². The molecule has 0 saturated heterocycles. The van der Waals surface area contributed by atoms with Crippen molar-refractivity contribution in [3.8, 4) is 6.07 Å². The number of fused-ring (bicyclic) bond motifs is 1. The molecule has 1 aliphatic rings. The maximum atomic E-state index is 14.1. The first-order chi connectivity index (χ1) is 16.2. The fraction of sp³-hybridized carbons (Fsp3) is 0.280. The predicted octanol–water partition coefficient (Wildman–Crippen LogP) is 3.79. The van der Waals surface area contributed by atoms with Crippen LogP contribution < -0.4 is 10.6 Å². The van der Waals surface area contributed by atoms with E-state index in [0.29, 0.717) is 11.1 Å². The molecule has 176 valence electrons. The number of anilines is 1. The molecule has 0 saturated carbocycles. The minimum Gasteiger partial charge on any atom is -0.394 e. The Hall–Kier alpha value is -4.06. The molecule has 3 rings (SSSR count). The van der Waals surface area contributed by atoms with Crippen LogP contribution in [0.1, 0.15) is 41.3 Å². The van der Waals surface area contributed by atoms with E-state index in [1.165, 1.54) is 29.2 Å². The van der Waals surface area contributed by atoms with E-state index in [1.807, 2.05) is 13.8 Å². The van der Waals surface area contributed by atoms with Crippen LogP contribution in [0.25, 0.3) is 0 Å². The van der Waals surface area contributed by atoms with Gasteiger partial charge in [0, 0.05) is 42.8 Å². The Morgan fingerprint density at radius 1 is 1.26 bits per heavy atom. The maximum Gasteiger partial charge on any atom is 0.254 e. The van der Waals surface area contributed by atoms with Crippen molar-refractivity contribution in [3.05, 3.63) is 76.5 Å². The summed E-state index contributed by atoms with van der Waals surface area (Å²) in [4.78, 5) is 28.5. The molecule has 1 heterocycles. The van der Waals surface area contributed by atoms with Crippen molar-refractivity contribution >= 4 is 23.7 Å². The van der Waals surface area contributed by atoms with Gasteiger partial charge in [0.15, 0.2) is 0 Å². The number of rotatable bonds is 7. The average molecular weight is 466 g/mol. The molecule has 0 radical (unpaired) electrons. The normalized spacial score (nSPS) is 17.7. The first-order valence-corrected chi connectivity index (χ1v) is 10.7. The summed E-state index contributed by atoms with van der Waals surface area (Å²) in [7, 11) is 1.64. The number of hydrogen-bond donors (Lipinski definition) is 3. The highest BCUT2D eigenvalue weighted by molar-refractivity contribution is 6.06. The molecular weight excluding hydrogens is 440 g/mol. The monoisotopic (exact) mass is 465 g/mol. The van der Waals surface area contributed by atoms with E-state index in [2.05, 4.69) is 10.6 Å². The number of halogens is 2. The summed E-state index contributed by atoms with van der Waals surface area (Å²) in [6.07, 6.45) is 2.61. The van der Waals surface area contributed by atoms with Crippen LogP contribution in [-0.2, 0) is 4.79 Å². The molecule has 34 heavy (non-hydrogen) atoms. The summed E-state index contributed by atoms with van der Waals surface area (Å²) >= 11 is 0. The standard InChI is InChI=1S/C25H25F2N5O2/c1-14(2)13-32-23(16(11-29)12-30-3)22(19-6-4-17(26)9-20(19)25(32)34)24(33)31-18-5-7-21(27)15(8-18)10-28/h4-9,11-12,14,22-23,29-30H,13H2,1-3H3,(H,31,33)/b16-12+,29-11?/t22-,23+/m0/s1. The van der Waals surface area contributed by atoms with E-state index < -0.39 is 35.4 Å². The Labute approximate surface area is 196 Å². The quantitative estimate of drug-likeness (QED) is 0.541. The number of nitrogens with zero attached hydrogens (tertiary/aromatic N) is 2. The number of nitriles is 1. The van der Waals surface area contributed by atoms with Crippen LogP contribution in [-0.4, -0.2) is 42.6 Å². The van der Waals surface area contributed by atoms with Gasteiger partial charge in [-0.2, -0.15) is 5.26 Å². The lowest BCUT2D eigenvalue weighted by Crippen LogP contribution is -2.53. The van der Waals surface area contributed by atoms with E-state index in [-0.39, 0.29) is 29.3 Å². The minimum atomic E-state index is -0.996. The molecule has 1 aliphatic heterocycles. The molecule has 7 nitrogen and oxygen atoms in total. The molecule has 0 bridgehead atoms. The second-order valence-electron chi connectivity index (χ2n) is 8.38. The van der Waals surface area contributed by atoms with Gasteiger partial charge in [0.1, 0.15) is 17.7 Å². The molecule has 2 aromatic rings. The highest BCUT2D eigenvalue weighted by atomic mass is 19.1. The third kappa shape index (κ3) is 4.81. The van der Waals surface area contributed by atoms with Gasteiger partial charge in [0.25, 0.3) is 5.91 Å². The summed E-state index contributed by atoms with van der Waals surface area (Å²) in [5.41, 5.74) is 0.741. The first kappa shape index (κ1) is 24.6. The second-order valence-corrected chi connectivity index (χ2v) is 8.38. The average Bonchev–Trinajstić information content (AvgIpc) is 2.80. The molecule has 2 aromatic carbocycles. The first-order valence-electron chi connectivity index (χ1n) is 10.7. The number of carbonyl (C=O) groups is 2. The van der Waals surface area contributed by atoms with Crippen LogP contribution in [0.4, 0.5) is 14.5 Å². The number of nitrogens with one attached hydrogen (secondary N) is 3. The van der Waals surface area contributed by atoms with Gasteiger partial charge in [-0.05, 0) is 41.8 Å². The zero-order valence-corrected chi connectivity index (χ0v) is 19.0. The zero-order valence-electron chi connectivity index (χ0n) is 19.0. The van der Waals surface area contributed by atoms with Crippen molar-refractivity contribution in [2.45, 2.75) is 25.8 Å². The van der Waals surface area contributed by atoms with Crippen LogP contribution in [0, 0.1) is 34.3 Å². The lowest BCUT2D eigenvalue weighted by atomic mass is 9.78. The van der Waals surface area contributed by atoms with Crippen LogP contribution in [0.15, 0.2) is 48.2 Å². The fourth-order valence-corrected chi connectivity index (χ4v) is 4.15. The van der Waals surface area contributed by atoms with Crippen LogP contribution in [0.2, 0.25) is 0 Å². The third-order valence-electron chi connectivity index (χ3n) is 5.51. The summed E-state index contributed by atoms with van der Waals surface area (Å²) < 4.78 is 27.9. The van der Waals surface area contributed by atoms with Gasteiger partial charge in [-0.3, -0.25) is 9.59 Å². The van der Waals surface area contributed by atoms with Crippen molar-refractivity contribution < 1.29 is 18.4 Å². The van der Waals surface area contributed by atoms with E-state index >= 15 is 0 Å². The highest BCUT2D eigenvalue weighted by Gasteiger charge is 2.45. The minimum absolute atomic E-state index is 0.0297. The Bertz CT molecular complexity index is 1200. The number of carbonyl (C=O) groups excluding carboxylic acids is 2. The van der Waals surface area contributed by atoms with Gasteiger partial charge in [-0.25, -0.2) is 8.78 Å². The molecule has 0 unspecified atom stereocenters. The number of hydrogen-bond acceptors (Lipinski definition) is 5. The van der Waals surface area contributed by atoms with Gasteiger partial charge in [0.05, 0.1) is 17.5 Å². The molecule has 0 aromatic heterocycles. The lowest BCUT2D eigenvalue weighted by Gasteiger charge is -2.42. The highest BCUT2D eigenvalue weighted by Crippen LogP contribution is 2.38.